The Kier molecular flexibility index (Phi) is 5.97. The lowest BCUT2D eigenvalue weighted by molar-refractivity contribution is 0.153. The Balaban J connectivity index is 1.39. The topological polar surface area (TPSA) is 92.8 Å². The maximum absolute atomic E-state index is 11.0. The van der Waals surface area contributed by atoms with Gasteiger partial charge in [-0.1, -0.05) is 48.5 Å². The van der Waals surface area contributed by atoms with Crippen molar-refractivity contribution in [3.05, 3.63) is 70.8 Å². The molecule has 1 saturated carbocycles. The third-order valence-electron chi connectivity index (χ3n) is 6.56. The van der Waals surface area contributed by atoms with Crippen LogP contribution in [0.5, 0.6) is 0 Å². The van der Waals surface area contributed by atoms with Gasteiger partial charge in [-0.2, -0.15) is 0 Å². The van der Waals surface area contributed by atoms with Crippen molar-refractivity contribution in [2.75, 3.05) is 6.61 Å². The van der Waals surface area contributed by atoms with Gasteiger partial charge < -0.3 is 15.5 Å². The van der Waals surface area contributed by atoms with Crippen molar-refractivity contribution < 1.29 is 18.9 Å². The van der Waals surface area contributed by atoms with Crippen LogP contribution in [0.4, 0.5) is 0 Å². The summed E-state index contributed by atoms with van der Waals surface area (Å²) in [4.78, 5) is 17.9. The van der Waals surface area contributed by atoms with E-state index in [-0.39, 0.29) is 6.61 Å². The summed E-state index contributed by atoms with van der Waals surface area (Å²) in [6.45, 7) is -0.0973. The Morgan fingerprint density at radius 1 is 1.10 bits per heavy atom. The number of phosphoric acid groups is 1. The summed E-state index contributed by atoms with van der Waals surface area (Å²) in [5.74, 6) is 1.02. The molecule has 0 aliphatic heterocycles. The minimum Gasteiger partial charge on any atom is -0.323 e. The molecule has 4 N–H and O–H groups in total. The lowest BCUT2D eigenvalue weighted by Gasteiger charge is -2.27. The van der Waals surface area contributed by atoms with Crippen LogP contribution in [0, 0.1) is 5.92 Å². The van der Waals surface area contributed by atoms with Crippen LogP contribution in [0.15, 0.2) is 48.5 Å². The van der Waals surface area contributed by atoms with Crippen LogP contribution in [-0.2, 0) is 28.4 Å². The smallest absolute Gasteiger partial charge is 0.323 e. The molecule has 0 unspecified atom stereocenters. The molecule has 2 aliphatic carbocycles. The highest BCUT2D eigenvalue weighted by molar-refractivity contribution is 7.46. The van der Waals surface area contributed by atoms with Crippen molar-refractivity contribution >= 4 is 7.82 Å². The fourth-order valence-corrected chi connectivity index (χ4v) is 5.44. The Morgan fingerprint density at radius 2 is 1.90 bits per heavy atom. The van der Waals surface area contributed by atoms with Gasteiger partial charge in [-0.25, -0.2) is 4.57 Å². The Hall–Kier alpha value is -1.49. The second-order valence-electron chi connectivity index (χ2n) is 8.89. The van der Waals surface area contributed by atoms with Gasteiger partial charge in [0.05, 0.1) is 6.61 Å². The van der Waals surface area contributed by atoms with Crippen molar-refractivity contribution in [2.45, 2.75) is 56.4 Å². The molecule has 6 heteroatoms. The average Bonchev–Trinajstić information content (AvgIpc) is 3.09. The highest BCUT2D eigenvalue weighted by Gasteiger charge is 2.38. The minimum atomic E-state index is -4.48. The highest BCUT2D eigenvalue weighted by Crippen LogP contribution is 2.44. The molecule has 2 aromatic carbocycles. The number of rotatable bonds is 6. The molecule has 0 spiro atoms. The predicted octanol–water partition coefficient (Wildman–Crippen LogP) is 4.11. The van der Waals surface area contributed by atoms with E-state index in [1.54, 1.807) is 0 Å². The van der Waals surface area contributed by atoms with E-state index in [0.29, 0.717) is 24.7 Å². The van der Waals surface area contributed by atoms with Gasteiger partial charge in [0.2, 0.25) is 0 Å². The molecular weight excluding hydrogens is 385 g/mol. The summed E-state index contributed by atoms with van der Waals surface area (Å²) in [5.41, 5.74) is 11.3. The first-order valence-electron chi connectivity index (χ1n) is 10.4. The summed E-state index contributed by atoms with van der Waals surface area (Å²) in [6, 6.07) is 17.6. The molecule has 0 radical (unpaired) electrons. The second-order valence-corrected chi connectivity index (χ2v) is 10.1. The number of fused-ring (bicyclic) bond motifs is 1. The van der Waals surface area contributed by atoms with Gasteiger partial charge in [-0.15, -0.1) is 0 Å². The standard InChI is InChI=1S/C23H30NO4P/c24-23(16-28-29(25,26)27)11-10-22(15-23)21-9-8-19-13-18(6-7-20(19)14-21)12-17-4-2-1-3-5-17/h1-5,8-9,14,18,22H,6-7,10-13,15-16,24H2,(H2,25,26,27)/t18-,22-,23+/m0/s1. The molecule has 5 nitrogen and oxygen atoms in total. The van der Waals surface area contributed by atoms with Crippen LogP contribution in [0.3, 0.4) is 0 Å². The SMILES string of the molecule is N[C@]1(COP(=O)(O)O)CC[C@H](c2ccc3c(c2)CC[C@@H](Cc2ccccc2)C3)C1. The summed E-state index contributed by atoms with van der Waals surface area (Å²) in [5, 5.41) is 0. The lowest BCUT2D eigenvalue weighted by Crippen LogP contribution is -2.41. The molecule has 2 aromatic rings. The second kappa shape index (κ2) is 8.33. The number of phosphoric ester groups is 1. The third-order valence-corrected chi connectivity index (χ3v) is 7.03. The van der Waals surface area contributed by atoms with Crippen LogP contribution in [0.25, 0.3) is 0 Å². The highest BCUT2D eigenvalue weighted by atomic mass is 31.2. The Morgan fingerprint density at radius 3 is 2.66 bits per heavy atom. The number of benzene rings is 2. The zero-order valence-electron chi connectivity index (χ0n) is 16.7. The molecule has 0 heterocycles. The average molecular weight is 415 g/mol. The van der Waals surface area contributed by atoms with Gasteiger partial charge in [0, 0.05) is 5.54 Å². The van der Waals surface area contributed by atoms with E-state index in [0.717, 1.165) is 25.7 Å². The van der Waals surface area contributed by atoms with E-state index >= 15 is 0 Å². The maximum atomic E-state index is 11.0. The van der Waals surface area contributed by atoms with Gasteiger partial charge in [0.15, 0.2) is 0 Å². The van der Waals surface area contributed by atoms with Gasteiger partial charge in [-0.05, 0) is 79.0 Å². The third kappa shape index (κ3) is 5.36. The molecule has 3 atom stereocenters. The molecule has 0 saturated heterocycles. The summed E-state index contributed by atoms with van der Waals surface area (Å²) < 4.78 is 15.7. The summed E-state index contributed by atoms with van der Waals surface area (Å²) in [7, 11) is -4.48. The van der Waals surface area contributed by atoms with Crippen LogP contribution in [-0.4, -0.2) is 21.9 Å². The predicted molar refractivity (Wildman–Crippen MR) is 114 cm³/mol. The zero-order valence-corrected chi connectivity index (χ0v) is 17.6. The largest absolute Gasteiger partial charge is 0.469 e. The number of nitrogens with two attached hydrogens (primary N) is 1. The molecule has 2 aliphatic rings. The Labute approximate surface area is 172 Å². The van der Waals surface area contributed by atoms with E-state index in [1.807, 2.05) is 0 Å². The van der Waals surface area contributed by atoms with Crippen LogP contribution >= 0.6 is 7.82 Å². The molecule has 0 bridgehead atoms. The molecular formula is C23H30NO4P. The van der Waals surface area contributed by atoms with Gasteiger partial charge in [0.1, 0.15) is 0 Å². The van der Waals surface area contributed by atoms with Crippen LogP contribution in [0.1, 0.15) is 53.9 Å². The van der Waals surface area contributed by atoms with Crippen molar-refractivity contribution in [3.63, 3.8) is 0 Å². The fourth-order valence-electron chi connectivity index (χ4n) is 5.01. The maximum Gasteiger partial charge on any atom is 0.469 e. The molecule has 0 amide bonds. The fraction of sp³-hybridized carbons (Fsp3) is 0.478. The van der Waals surface area contributed by atoms with Crippen molar-refractivity contribution in [1.29, 1.82) is 0 Å². The number of hydrogen-bond acceptors (Lipinski definition) is 3. The first-order valence-corrected chi connectivity index (χ1v) is 12.0. The quantitative estimate of drug-likeness (QED) is 0.618. The van der Waals surface area contributed by atoms with E-state index in [2.05, 4.69) is 48.5 Å². The van der Waals surface area contributed by atoms with Crippen LogP contribution in [0.2, 0.25) is 0 Å². The van der Waals surface area contributed by atoms with Crippen molar-refractivity contribution in [1.82, 2.24) is 0 Å². The number of aryl methyl sites for hydroxylation is 1. The monoisotopic (exact) mass is 415 g/mol. The Bertz CT molecular complexity index is 897. The van der Waals surface area contributed by atoms with Crippen molar-refractivity contribution in [2.24, 2.45) is 11.7 Å². The molecule has 1 fully saturated rings. The van der Waals surface area contributed by atoms with E-state index in [1.165, 1.54) is 28.7 Å². The van der Waals surface area contributed by atoms with Gasteiger partial charge in [-0.3, -0.25) is 4.52 Å². The van der Waals surface area contributed by atoms with Gasteiger partial charge >= 0.3 is 7.82 Å². The zero-order chi connectivity index (χ0) is 20.5. The van der Waals surface area contributed by atoms with Crippen LogP contribution < -0.4 is 5.73 Å². The van der Waals surface area contributed by atoms with E-state index < -0.39 is 13.4 Å². The minimum absolute atomic E-state index is 0.0973. The molecule has 156 valence electrons. The first-order chi connectivity index (χ1) is 13.8. The molecule has 0 aromatic heterocycles. The van der Waals surface area contributed by atoms with E-state index in [4.69, 9.17) is 20.0 Å². The lowest BCUT2D eigenvalue weighted by atomic mass is 9.79. The first kappa shape index (κ1) is 20.8. The van der Waals surface area contributed by atoms with E-state index in [9.17, 15) is 4.57 Å². The van der Waals surface area contributed by atoms with Gasteiger partial charge in [0.25, 0.3) is 0 Å². The van der Waals surface area contributed by atoms with Crippen molar-refractivity contribution in [3.8, 4) is 0 Å². The molecule has 29 heavy (non-hydrogen) atoms. The normalized spacial score (nSPS) is 27.0. The summed E-state index contributed by atoms with van der Waals surface area (Å²) >= 11 is 0. The summed E-state index contributed by atoms with van der Waals surface area (Å²) in [6.07, 6.45) is 6.94. The number of hydrogen-bond donors (Lipinski definition) is 3. The molecule has 4 rings (SSSR count).